The van der Waals surface area contributed by atoms with Gasteiger partial charge in [-0.05, 0) is 51.3 Å². The van der Waals surface area contributed by atoms with E-state index in [0.717, 1.165) is 15.6 Å². The van der Waals surface area contributed by atoms with Crippen molar-refractivity contribution in [3.05, 3.63) is 45.9 Å². The number of methoxy groups -OCH3 is 3. The quantitative estimate of drug-likeness (QED) is 0.801. The largest absolute Gasteiger partial charge is 0.504 e. The molecule has 0 fully saturated rings. The Kier molecular flexibility index (Phi) is 5.33. The summed E-state index contributed by atoms with van der Waals surface area (Å²) in [5.41, 5.74) is 1.81. The van der Waals surface area contributed by atoms with E-state index in [4.69, 9.17) is 14.2 Å². The van der Waals surface area contributed by atoms with Crippen LogP contribution in [0, 0.1) is 0 Å². The number of ether oxygens (including phenoxy) is 3. The summed E-state index contributed by atoms with van der Waals surface area (Å²) < 4.78 is 16.4. The molecule has 2 rings (SSSR count). The van der Waals surface area contributed by atoms with Gasteiger partial charge in [0, 0.05) is 0 Å². The van der Waals surface area contributed by atoms with Crippen molar-refractivity contribution in [2.75, 3.05) is 21.3 Å². The first-order chi connectivity index (χ1) is 10.6. The van der Waals surface area contributed by atoms with E-state index in [2.05, 4.69) is 15.9 Å². The van der Waals surface area contributed by atoms with Crippen LogP contribution < -0.4 is 14.2 Å². The number of halogens is 1. The Labute approximate surface area is 138 Å². The van der Waals surface area contributed by atoms with E-state index in [9.17, 15) is 5.11 Å². The number of rotatable bonds is 5. The van der Waals surface area contributed by atoms with Crippen molar-refractivity contribution in [3.63, 3.8) is 0 Å². The van der Waals surface area contributed by atoms with E-state index in [1.807, 2.05) is 30.4 Å². The summed E-state index contributed by atoms with van der Waals surface area (Å²) in [5.74, 6) is 1.86. The summed E-state index contributed by atoms with van der Waals surface area (Å²) in [6.07, 6.45) is 3.82. The predicted molar refractivity (Wildman–Crippen MR) is 90.8 cm³/mol. The maximum absolute atomic E-state index is 9.78. The molecule has 0 unspecified atom stereocenters. The van der Waals surface area contributed by atoms with Crippen LogP contribution in [0.2, 0.25) is 0 Å². The van der Waals surface area contributed by atoms with E-state index in [0.29, 0.717) is 17.2 Å². The standard InChI is InChI=1S/C17H17BrO4/c1-20-15-7-6-11(9-14(15)19)4-5-12-8-13(18)17(22-3)16(10-12)21-2/h4-10,19H,1-3H3. The summed E-state index contributed by atoms with van der Waals surface area (Å²) in [6.45, 7) is 0. The fourth-order valence-corrected chi connectivity index (χ4v) is 2.66. The minimum Gasteiger partial charge on any atom is -0.504 e. The topological polar surface area (TPSA) is 47.9 Å². The second-order valence-electron chi connectivity index (χ2n) is 4.50. The number of phenolic OH excluding ortho intramolecular Hbond substituents is 1. The molecule has 5 heteroatoms. The van der Waals surface area contributed by atoms with Crippen molar-refractivity contribution in [2.24, 2.45) is 0 Å². The number of benzene rings is 2. The van der Waals surface area contributed by atoms with Crippen LogP contribution in [0.1, 0.15) is 11.1 Å². The molecule has 0 spiro atoms. The third-order valence-corrected chi connectivity index (χ3v) is 3.72. The van der Waals surface area contributed by atoms with Crippen LogP contribution in [0.15, 0.2) is 34.8 Å². The Bertz CT molecular complexity index is 695. The second kappa shape index (κ2) is 7.22. The molecule has 116 valence electrons. The van der Waals surface area contributed by atoms with Gasteiger partial charge in [-0.25, -0.2) is 0 Å². The molecule has 0 saturated carbocycles. The molecule has 2 aromatic carbocycles. The Morgan fingerprint density at radius 2 is 1.55 bits per heavy atom. The molecule has 0 saturated heterocycles. The van der Waals surface area contributed by atoms with Crippen LogP contribution in [0.3, 0.4) is 0 Å². The highest BCUT2D eigenvalue weighted by molar-refractivity contribution is 9.10. The van der Waals surface area contributed by atoms with Crippen molar-refractivity contribution < 1.29 is 19.3 Å². The van der Waals surface area contributed by atoms with Gasteiger partial charge in [0.15, 0.2) is 23.0 Å². The van der Waals surface area contributed by atoms with Gasteiger partial charge in [0.1, 0.15) is 0 Å². The minimum absolute atomic E-state index is 0.109. The maximum Gasteiger partial charge on any atom is 0.174 e. The fourth-order valence-electron chi connectivity index (χ4n) is 2.04. The van der Waals surface area contributed by atoms with Gasteiger partial charge in [0.2, 0.25) is 0 Å². The van der Waals surface area contributed by atoms with Gasteiger partial charge in [0.05, 0.1) is 25.8 Å². The van der Waals surface area contributed by atoms with Gasteiger partial charge >= 0.3 is 0 Å². The monoisotopic (exact) mass is 364 g/mol. The fraction of sp³-hybridized carbons (Fsp3) is 0.176. The summed E-state index contributed by atoms with van der Waals surface area (Å²) in [7, 11) is 4.71. The molecule has 0 aliphatic heterocycles. The lowest BCUT2D eigenvalue weighted by molar-refractivity contribution is 0.353. The Morgan fingerprint density at radius 3 is 2.14 bits per heavy atom. The lowest BCUT2D eigenvalue weighted by Gasteiger charge is -2.10. The molecule has 0 amide bonds. The summed E-state index contributed by atoms with van der Waals surface area (Å²) >= 11 is 3.46. The molecular weight excluding hydrogens is 348 g/mol. The van der Waals surface area contributed by atoms with Gasteiger partial charge in [-0.2, -0.15) is 0 Å². The van der Waals surface area contributed by atoms with Gasteiger partial charge in [-0.3, -0.25) is 0 Å². The maximum atomic E-state index is 9.78. The van der Waals surface area contributed by atoms with Gasteiger partial charge in [0.25, 0.3) is 0 Å². The van der Waals surface area contributed by atoms with Crippen molar-refractivity contribution in [3.8, 4) is 23.0 Å². The Hall–Kier alpha value is -2.14. The molecule has 2 aromatic rings. The molecule has 0 atom stereocenters. The van der Waals surface area contributed by atoms with Crippen molar-refractivity contribution in [1.82, 2.24) is 0 Å². The summed E-state index contributed by atoms with van der Waals surface area (Å²) in [4.78, 5) is 0. The van der Waals surface area contributed by atoms with Crippen molar-refractivity contribution in [2.45, 2.75) is 0 Å². The minimum atomic E-state index is 0.109. The first-order valence-electron chi connectivity index (χ1n) is 6.55. The van der Waals surface area contributed by atoms with E-state index >= 15 is 0 Å². The first kappa shape index (κ1) is 16.2. The van der Waals surface area contributed by atoms with Crippen LogP contribution in [0.4, 0.5) is 0 Å². The third-order valence-electron chi connectivity index (χ3n) is 3.13. The molecule has 0 aliphatic carbocycles. The first-order valence-corrected chi connectivity index (χ1v) is 7.35. The molecule has 22 heavy (non-hydrogen) atoms. The Balaban J connectivity index is 2.30. The smallest absolute Gasteiger partial charge is 0.174 e. The highest BCUT2D eigenvalue weighted by Gasteiger charge is 2.09. The van der Waals surface area contributed by atoms with Crippen LogP contribution >= 0.6 is 15.9 Å². The average molecular weight is 365 g/mol. The second-order valence-corrected chi connectivity index (χ2v) is 5.36. The van der Waals surface area contributed by atoms with Crippen LogP contribution in [0.25, 0.3) is 12.2 Å². The lowest BCUT2D eigenvalue weighted by Crippen LogP contribution is -1.92. The van der Waals surface area contributed by atoms with Crippen molar-refractivity contribution >= 4 is 28.1 Å². The number of hydrogen-bond donors (Lipinski definition) is 1. The third kappa shape index (κ3) is 3.54. The summed E-state index contributed by atoms with van der Waals surface area (Å²) in [6, 6.07) is 9.04. The van der Waals surface area contributed by atoms with Crippen LogP contribution in [0.5, 0.6) is 23.0 Å². The van der Waals surface area contributed by atoms with Gasteiger partial charge in [-0.15, -0.1) is 0 Å². The Morgan fingerprint density at radius 1 is 0.864 bits per heavy atom. The van der Waals surface area contributed by atoms with Gasteiger partial charge in [-0.1, -0.05) is 18.2 Å². The molecular formula is C17H17BrO4. The van der Waals surface area contributed by atoms with Crippen molar-refractivity contribution in [1.29, 1.82) is 0 Å². The highest BCUT2D eigenvalue weighted by atomic mass is 79.9. The zero-order valence-electron chi connectivity index (χ0n) is 12.6. The van der Waals surface area contributed by atoms with E-state index in [1.165, 1.54) is 7.11 Å². The van der Waals surface area contributed by atoms with E-state index < -0.39 is 0 Å². The molecule has 0 aromatic heterocycles. The van der Waals surface area contributed by atoms with E-state index in [1.54, 1.807) is 26.4 Å². The summed E-state index contributed by atoms with van der Waals surface area (Å²) in [5, 5.41) is 9.78. The van der Waals surface area contributed by atoms with Gasteiger partial charge < -0.3 is 19.3 Å². The number of hydrogen-bond acceptors (Lipinski definition) is 4. The highest BCUT2D eigenvalue weighted by Crippen LogP contribution is 2.36. The van der Waals surface area contributed by atoms with Crippen LogP contribution in [-0.4, -0.2) is 26.4 Å². The zero-order valence-corrected chi connectivity index (χ0v) is 14.2. The molecule has 0 heterocycles. The lowest BCUT2D eigenvalue weighted by atomic mass is 10.1. The SMILES string of the molecule is COc1ccc(C=Cc2cc(Br)c(OC)c(OC)c2)cc1O. The average Bonchev–Trinajstić information content (AvgIpc) is 2.52. The molecule has 0 bridgehead atoms. The molecule has 1 N–H and O–H groups in total. The van der Waals surface area contributed by atoms with E-state index in [-0.39, 0.29) is 5.75 Å². The van der Waals surface area contributed by atoms with Crippen LogP contribution in [-0.2, 0) is 0 Å². The predicted octanol–water partition coefficient (Wildman–Crippen LogP) is 4.35. The normalized spacial score (nSPS) is 10.7. The number of phenols is 1. The number of aromatic hydroxyl groups is 1. The molecule has 0 aliphatic rings. The zero-order chi connectivity index (χ0) is 16.1. The molecule has 0 radical (unpaired) electrons. The molecule has 4 nitrogen and oxygen atoms in total.